The molecule has 0 aromatic heterocycles. The quantitative estimate of drug-likeness (QED) is 0.285. The summed E-state index contributed by atoms with van der Waals surface area (Å²) in [5.41, 5.74) is 2.18. The zero-order chi connectivity index (χ0) is 23.5. The minimum atomic E-state index is -0.493. The van der Waals surface area contributed by atoms with E-state index in [1.165, 1.54) is 24.3 Å². The van der Waals surface area contributed by atoms with Gasteiger partial charge in [0.2, 0.25) is 0 Å². The molecule has 0 saturated carbocycles. The fourth-order valence-electron chi connectivity index (χ4n) is 3.85. The van der Waals surface area contributed by atoms with Gasteiger partial charge in [0.05, 0.1) is 21.0 Å². The molecule has 0 aliphatic carbocycles. The van der Waals surface area contributed by atoms with E-state index in [4.69, 9.17) is 0 Å². The molecule has 0 unspecified atom stereocenters. The second-order valence-corrected chi connectivity index (χ2v) is 7.41. The molecule has 4 rings (SSSR count). The minimum absolute atomic E-state index is 0.0233. The Morgan fingerprint density at radius 1 is 0.576 bits per heavy atom. The molecule has 0 atom stereocenters. The molecular formula is C25H18N2O6. The Morgan fingerprint density at radius 3 is 1.27 bits per heavy atom. The Bertz CT molecular complexity index is 1240. The van der Waals surface area contributed by atoms with Gasteiger partial charge in [-0.3, -0.25) is 20.2 Å². The van der Waals surface area contributed by atoms with Gasteiger partial charge >= 0.3 is 0 Å². The molecule has 0 spiro atoms. The highest BCUT2D eigenvalue weighted by Gasteiger charge is 2.25. The molecule has 8 heteroatoms. The van der Waals surface area contributed by atoms with Crippen molar-refractivity contribution in [3.8, 4) is 33.8 Å². The van der Waals surface area contributed by atoms with Crippen molar-refractivity contribution in [3.05, 3.63) is 116 Å². The maximum absolute atomic E-state index is 12.0. The lowest BCUT2D eigenvalue weighted by atomic mass is 9.93. The van der Waals surface area contributed by atoms with E-state index in [1.807, 2.05) is 0 Å². The molecule has 0 aliphatic heterocycles. The Hall–Kier alpha value is -4.72. The molecule has 0 radical (unpaired) electrons. The summed E-state index contributed by atoms with van der Waals surface area (Å²) in [5, 5.41) is 43.1. The standard InChI is InChI=1S/C25H18N2O6/c28-20-11-7-16(8-12-20)22-5-1-3-18(24(22)26(30)31)15-19-4-2-6-23(25(19)27(32)33)17-9-13-21(29)14-10-17/h1-14,28-29H,15H2. The molecule has 2 N–H and O–H groups in total. The molecule has 0 aliphatic rings. The molecular weight excluding hydrogens is 424 g/mol. The lowest BCUT2D eigenvalue weighted by Crippen LogP contribution is -2.03. The van der Waals surface area contributed by atoms with Gasteiger partial charge in [0, 0.05) is 17.5 Å². The van der Waals surface area contributed by atoms with Crippen molar-refractivity contribution in [2.75, 3.05) is 0 Å². The van der Waals surface area contributed by atoms with Gasteiger partial charge in [0.1, 0.15) is 11.5 Å². The van der Waals surface area contributed by atoms with Gasteiger partial charge in [0.25, 0.3) is 11.4 Å². The molecule has 0 bridgehead atoms. The molecule has 0 saturated heterocycles. The van der Waals surface area contributed by atoms with Gasteiger partial charge in [-0.1, -0.05) is 48.5 Å². The average molecular weight is 442 g/mol. The number of hydrogen-bond acceptors (Lipinski definition) is 6. The molecule has 4 aromatic rings. The first-order chi connectivity index (χ1) is 15.8. The van der Waals surface area contributed by atoms with Gasteiger partial charge < -0.3 is 10.2 Å². The van der Waals surface area contributed by atoms with Crippen molar-refractivity contribution in [2.24, 2.45) is 0 Å². The van der Waals surface area contributed by atoms with E-state index in [0.717, 1.165) is 0 Å². The Balaban J connectivity index is 1.84. The summed E-state index contributed by atoms with van der Waals surface area (Å²) in [6.45, 7) is 0. The maximum atomic E-state index is 12.0. The molecule has 0 fully saturated rings. The summed E-state index contributed by atoms with van der Waals surface area (Å²) in [5.74, 6) is 0.0819. The van der Waals surface area contributed by atoms with Crippen molar-refractivity contribution in [1.29, 1.82) is 0 Å². The van der Waals surface area contributed by atoms with Crippen molar-refractivity contribution in [3.63, 3.8) is 0 Å². The van der Waals surface area contributed by atoms with Crippen LogP contribution in [0.1, 0.15) is 11.1 Å². The highest BCUT2D eigenvalue weighted by molar-refractivity contribution is 5.78. The molecule has 0 amide bonds. The minimum Gasteiger partial charge on any atom is -0.508 e. The largest absolute Gasteiger partial charge is 0.508 e. The fourth-order valence-corrected chi connectivity index (χ4v) is 3.85. The number of aromatic hydroxyl groups is 2. The fraction of sp³-hybridized carbons (Fsp3) is 0.0400. The summed E-state index contributed by atoms with van der Waals surface area (Å²) in [6.07, 6.45) is -0.0233. The number of benzene rings is 4. The van der Waals surface area contributed by atoms with E-state index in [9.17, 15) is 30.4 Å². The van der Waals surface area contributed by atoms with Gasteiger partial charge in [-0.2, -0.15) is 0 Å². The van der Waals surface area contributed by atoms with Crippen LogP contribution in [0.25, 0.3) is 22.3 Å². The number of nitrogens with zero attached hydrogens (tertiary/aromatic N) is 2. The van der Waals surface area contributed by atoms with E-state index >= 15 is 0 Å². The third-order valence-corrected chi connectivity index (χ3v) is 5.34. The first-order valence-electron chi connectivity index (χ1n) is 9.96. The summed E-state index contributed by atoms with van der Waals surface area (Å²) in [7, 11) is 0. The number of para-hydroxylation sites is 2. The molecule has 33 heavy (non-hydrogen) atoms. The number of phenolic OH excluding ortho intramolecular Hbond substituents is 2. The van der Waals surface area contributed by atoms with E-state index in [2.05, 4.69) is 0 Å². The first kappa shape index (κ1) is 21.5. The van der Waals surface area contributed by atoms with Crippen molar-refractivity contribution in [2.45, 2.75) is 6.42 Å². The van der Waals surface area contributed by atoms with Crippen LogP contribution in [0.4, 0.5) is 11.4 Å². The van der Waals surface area contributed by atoms with Gasteiger partial charge in [-0.05, 0) is 47.5 Å². The normalized spacial score (nSPS) is 10.7. The third-order valence-electron chi connectivity index (χ3n) is 5.34. The summed E-state index contributed by atoms with van der Waals surface area (Å²) >= 11 is 0. The van der Waals surface area contributed by atoms with Crippen molar-refractivity contribution >= 4 is 11.4 Å². The van der Waals surface area contributed by atoms with Crippen LogP contribution in [0.15, 0.2) is 84.9 Å². The third kappa shape index (κ3) is 4.35. The van der Waals surface area contributed by atoms with E-state index < -0.39 is 9.85 Å². The number of rotatable bonds is 6. The number of phenols is 2. The Labute approximate surface area is 188 Å². The van der Waals surface area contributed by atoms with Crippen LogP contribution >= 0.6 is 0 Å². The Morgan fingerprint density at radius 2 is 0.939 bits per heavy atom. The maximum Gasteiger partial charge on any atom is 0.280 e. The van der Waals surface area contributed by atoms with E-state index in [0.29, 0.717) is 33.4 Å². The topological polar surface area (TPSA) is 127 Å². The lowest BCUT2D eigenvalue weighted by molar-refractivity contribution is -0.385. The zero-order valence-corrected chi connectivity index (χ0v) is 17.2. The summed E-state index contributed by atoms with van der Waals surface area (Å²) in [6, 6.07) is 21.8. The van der Waals surface area contributed by atoms with Crippen LogP contribution in [0.5, 0.6) is 11.5 Å². The SMILES string of the molecule is O=[N+]([O-])c1c(Cc2cccc(-c3ccc(O)cc3)c2[N+](=O)[O-])cccc1-c1ccc(O)cc1. The Kier molecular flexibility index (Phi) is 5.73. The second kappa shape index (κ2) is 8.80. The first-order valence-corrected chi connectivity index (χ1v) is 9.96. The van der Waals surface area contributed by atoms with Crippen LogP contribution in [0.3, 0.4) is 0 Å². The molecule has 4 aromatic carbocycles. The molecule has 8 nitrogen and oxygen atoms in total. The van der Waals surface area contributed by atoms with Crippen molar-refractivity contribution in [1.82, 2.24) is 0 Å². The summed E-state index contributed by atoms with van der Waals surface area (Å²) in [4.78, 5) is 23.0. The van der Waals surface area contributed by atoms with E-state index in [-0.39, 0.29) is 29.3 Å². The van der Waals surface area contributed by atoms with Crippen molar-refractivity contribution < 1.29 is 20.1 Å². The zero-order valence-electron chi connectivity index (χ0n) is 17.2. The number of hydrogen-bond donors (Lipinski definition) is 2. The second-order valence-electron chi connectivity index (χ2n) is 7.41. The lowest BCUT2D eigenvalue weighted by Gasteiger charge is -2.11. The summed E-state index contributed by atoms with van der Waals surface area (Å²) < 4.78 is 0. The highest BCUT2D eigenvalue weighted by atomic mass is 16.6. The van der Waals surface area contributed by atoms with E-state index in [1.54, 1.807) is 60.7 Å². The van der Waals surface area contributed by atoms with Gasteiger partial charge in [-0.15, -0.1) is 0 Å². The number of nitro groups is 2. The van der Waals surface area contributed by atoms with Crippen LogP contribution in [0.2, 0.25) is 0 Å². The highest BCUT2D eigenvalue weighted by Crippen LogP contribution is 2.38. The predicted octanol–water partition coefficient (Wildman–Crippen LogP) is 5.84. The molecule has 0 heterocycles. The van der Waals surface area contributed by atoms with Crippen LogP contribution in [0, 0.1) is 20.2 Å². The predicted molar refractivity (Wildman–Crippen MR) is 123 cm³/mol. The smallest absolute Gasteiger partial charge is 0.280 e. The molecule has 164 valence electrons. The van der Waals surface area contributed by atoms with Crippen LogP contribution in [-0.2, 0) is 6.42 Å². The van der Waals surface area contributed by atoms with Crippen LogP contribution in [-0.4, -0.2) is 20.1 Å². The van der Waals surface area contributed by atoms with Crippen LogP contribution < -0.4 is 0 Å². The monoisotopic (exact) mass is 442 g/mol. The number of nitro benzene ring substituents is 2. The van der Waals surface area contributed by atoms with Gasteiger partial charge in [-0.25, -0.2) is 0 Å². The van der Waals surface area contributed by atoms with Gasteiger partial charge in [0.15, 0.2) is 0 Å². The average Bonchev–Trinajstić information content (AvgIpc) is 2.79.